The van der Waals surface area contributed by atoms with E-state index < -0.39 is 0 Å². The number of thioether (sulfide) groups is 1. The molecule has 0 fully saturated rings. The van der Waals surface area contributed by atoms with Gasteiger partial charge in [0.25, 0.3) is 0 Å². The molecule has 94 valence electrons. The van der Waals surface area contributed by atoms with E-state index in [4.69, 9.17) is 4.74 Å². The maximum absolute atomic E-state index is 11.6. The summed E-state index contributed by atoms with van der Waals surface area (Å²) in [4.78, 5) is 24.5. The van der Waals surface area contributed by atoms with Crippen molar-refractivity contribution in [3.05, 3.63) is 0 Å². The average molecular weight is 247 g/mol. The third kappa shape index (κ3) is 6.71. The van der Waals surface area contributed by atoms with Crippen LogP contribution in [0.25, 0.3) is 0 Å². The minimum Gasteiger partial charge on any atom is -0.462 e. The summed E-state index contributed by atoms with van der Waals surface area (Å²) in [5.41, 5.74) is 0. The van der Waals surface area contributed by atoms with E-state index in [1.54, 1.807) is 4.90 Å². The van der Waals surface area contributed by atoms with Crippen LogP contribution < -0.4 is 0 Å². The van der Waals surface area contributed by atoms with Gasteiger partial charge in [0.15, 0.2) is 0 Å². The van der Waals surface area contributed by atoms with Gasteiger partial charge in [0.2, 0.25) is 5.91 Å². The zero-order valence-corrected chi connectivity index (χ0v) is 11.3. The molecule has 0 aromatic heterocycles. The van der Waals surface area contributed by atoms with Gasteiger partial charge in [-0.2, -0.15) is 0 Å². The van der Waals surface area contributed by atoms with E-state index in [2.05, 4.69) is 0 Å². The Balaban J connectivity index is 3.73. The minimum absolute atomic E-state index is 0.0762. The van der Waals surface area contributed by atoms with Gasteiger partial charge in [-0.3, -0.25) is 9.59 Å². The van der Waals surface area contributed by atoms with Crippen molar-refractivity contribution in [1.29, 1.82) is 0 Å². The van der Waals surface area contributed by atoms with Crippen molar-refractivity contribution in [1.82, 2.24) is 4.90 Å². The number of carbonyl (C=O) groups excluding carboxylic acids is 2. The Labute approximate surface area is 102 Å². The molecule has 0 aromatic rings. The van der Waals surface area contributed by atoms with Gasteiger partial charge in [-0.1, -0.05) is 0 Å². The van der Waals surface area contributed by atoms with Crippen molar-refractivity contribution in [2.45, 2.75) is 33.8 Å². The highest BCUT2D eigenvalue weighted by atomic mass is 32.2. The standard InChI is InChI=1S/C11H21NO3S/c1-5-12(6-2)10(13)7-16-8-11(14)15-9(3)4/h9H,5-8H2,1-4H3. The Kier molecular flexibility index (Phi) is 8.07. The Morgan fingerprint density at radius 3 is 2.19 bits per heavy atom. The lowest BCUT2D eigenvalue weighted by atomic mass is 10.5. The third-order valence-corrected chi connectivity index (χ3v) is 2.82. The molecule has 5 heteroatoms. The molecule has 0 rings (SSSR count). The molecule has 0 heterocycles. The average Bonchev–Trinajstić information content (AvgIpc) is 2.18. The number of hydrogen-bond donors (Lipinski definition) is 0. The Hall–Kier alpha value is -0.710. The molecule has 0 N–H and O–H groups in total. The molecule has 0 aliphatic carbocycles. The number of nitrogens with zero attached hydrogens (tertiary/aromatic N) is 1. The Morgan fingerprint density at radius 2 is 1.75 bits per heavy atom. The van der Waals surface area contributed by atoms with Crippen molar-refractivity contribution in [2.24, 2.45) is 0 Å². The second-order valence-electron chi connectivity index (χ2n) is 3.60. The van der Waals surface area contributed by atoms with Gasteiger partial charge in [-0.05, 0) is 27.7 Å². The van der Waals surface area contributed by atoms with Gasteiger partial charge < -0.3 is 9.64 Å². The molecule has 1 amide bonds. The van der Waals surface area contributed by atoms with Crippen LogP contribution in [-0.2, 0) is 14.3 Å². The Bertz CT molecular complexity index is 227. The molecule has 0 unspecified atom stereocenters. The van der Waals surface area contributed by atoms with Gasteiger partial charge in [-0.25, -0.2) is 0 Å². The fraction of sp³-hybridized carbons (Fsp3) is 0.818. The number of hydrogen-bond acceptors (Lipinski definition) is 4. The lowest BCUT2D eigenvalue weighted by molar-refractivity contribution is -0.144. The van der Waals surface area contributed by atoms with Crippen molar-refractivity contribution < 1.29 is 14.3 Å². The van der Waals surface area contributed by atoms with Crippen molar-refractivity contribution >= 4 is 23.6 Å². The van der Waals surface area contributed by atoms with Crippen LogP contribution in [0.15, 0.2) is 0 Å². The molecule has 0 saturated carbocycles. The summed E-state index contributed by atoms with van der Waals surface area (Å²) >= 11 is 1.30. The van der Waals surface area contributed by atoms with Crippen LogP contribution in [0.3, 0.4) is 0 Å². The molecule has 16 heavy (non-hydrogen) atoms. The fourth-order valence-electron chi connectivity index (χ4n) is 1.19. The van der Waals surface area contributed by atoms with Gasteiger partial charge in [0, 0.05) is 13.1 Å². The fourth-order valence-corrected chi connectivity index (χ4v) is 1.88. The van der Waals surface area contributed by atoms with Crippen LogP contribution in [0.2, 0.25) is 0 Å². The number of ether oxygens (including phenoxy) is 1. The SMILES string of the molecule is CCN(CC)C(=O)CSCC(=O)OC(C)C. The van der Waals surface area contributed by atoms with E-state index in [0.29, 0.717) is 18.8 Å². The number of rotatable bonds is 7. The highest BCUT2D eigenvalue weighted by molar-refractivity contribution is 8.00. The highest BCUT2D eigenvalue weighted by Gasteiger charge is 2.11. The molecule has 0 aliphatic rings. The van der Waals surface area contributed by atoms with E-state index in [0.717, 1.165) is 0 Å². The third-order valence-electron chi connectivity index (χ3n) is 1.93. The molecule has 0 aliphatic heterocycles. The first-order chi connectivity index (χ1) is 7.51. The molecular formula is C11H21NO3S. The predicted molar refractivity (Wildman–Crippen MR) is 66.5 cm³/mol. The van der Waals surface area contributed by atoms with Gasteiger partial charge in [-0.15, -0.1) is 11.8 Å². The van der Waals surface area contributed by atoms with E-state index in [1.165, 1.54) is 11.8 Å². The summed E-state index contributed by atoms with van der Waals surface area (Å²) in [5.74, 6) is 0.403. The smallest absolute Gasteiger partial charge is 0.316 e. The van der Waals surface area contributed by atoms with E-state index in [1.807, 2.05) is 27.7 Å². The Morgan fingerprint density at radius 1 is 1.19 bits per heavy atom. The molecular weight excluding hydrogens is 226 g/mol. The van der Waals surface area contributed by atoms with Gasteiger partial charge in [0.05, 0.1) is 17.6 Å². The second-order valence-corrected chi connectivity index (χ2v) is 4.58. The van der Waals surface area contributed by atoms with E-state index in [-0.39, 0.29) is 23.7 Å². The first-order valence-electron chi connectivity index (χ1n) is 5.56. The summed E-state index contributed by atoms with van der Waals surface area (Å²) in [6.07, 6.45) is -0.0911. The number of amides is 1. The van der Waals surface area contributed by atoms with E-state index >= 15 is 0 Å². The number of carbonyl (C=O) groups is 2. The second kappa shape index (κ2) is 8.44. The quantitative estimate of drug-likeness (QED) is 0.640. The van der Waals surface area contributed by atoms with Gasteiger partial charge >= 0.3 is 5.97 Å². The molecule has 0 spiro atoms. The van der Waals surface area contributed by atoms with Gasteiger partial charge in [0.1, 0.15) is 0 Å². The molecule has 0 saturated heterocycles. The number of esters is 1. The lowest BCUT2D eigenvalue weighted by Crippen LogP contribution is -2.32. The lowest BCUT2D eigenvalue weighted by Gasteiger charge is -2.18. The van der Waals surface area contributed by atoms with Crippen LogP contribution in [0.5, 0.6) is 0 Å². The molecule has 0 aromatic carbocycles. The molecule has 0 bridgehead atoms. The first kappa shape index (κ1) is 15.3. The summed E-state index contributed by atoms with van der Waals surface area (Å²) < 4.78 is 4.96. The predicted octanol–water partition coefficient (Wildman–Crippen LogP) is 1.54. The highest BCUT2D eigenvalue weighted by Crippen LogP contribution is 2.04. The topological polar surface area (TPSA) is 46.6 Å². The van der Waals surface area contributed by atoms with Crippen molar-refractivity contribution in [3.8, 4) is 0 Å². The first-order valence-corrected chi connectivity index (χ1v) is 6.71. The summed E-state index contributed by atoms with van der Waals surface area (Å²) in [6.45, 7) is 8.93. The molecule has 0 atom stereocenters. The maximum atomic E-state index is 11.6. The van der Waals surface area contributed by atoms with Crippen molar-refractivity contribution in [3.63, 3.8) is 0 Å². The van der Waals surface area contributed by atoms with Crippen LogP contribution >= 0.6 is 11.8 Å². The van der Waals surface area contributed by atoms with Crippen LogP contribution in [-0.4, -0.2) is 47.5 Å². The maximum Gasteiger partial charge on any atom is 0.316 e. The van der Waals surface area contributed by atoms with Crippen LogP contribution in [0, 0.1) is 0 Å². The zero-order valence-electron chi connectivity index (χ0n) is 10.5. The largest absolute Gasteiger partial charge is 0.462 e. The molecule has 4 nitrogen and oxygen atoms in total. The molecule has 0 radical (unpaired) electrons. The monoisotopic (exact) mass is 247 g/mol. The van der Waals surface area contributed by atoms with Crippen LogP contribution in [0.1, 0.15) is 27.7 Å². The summed E-state index contributed by atoms with van der Waals surface area (Å²) in [5, 5.41) is 0. The van der Waals surface area contributed by atoms with E-state index in [9.17, 15) is 9.59 Å². The summed E-state index contributed by atoms with van der Waals surface area (Å²) in [7, 11) is 0. The van der Waals surface area contributed by atoms with Crippen LogP contribution in [0.4, 0.5) is 0 Å². The summed E-state index contributed by atoms with van der Waals surface area (Å²) in [6, 6.07) is 0. The zero-order chi connectivity index (χ0) is 12.6. The minimum atomic E-state index is -0.257. The normalized spacial score (nSPS) is 10.3. The van der Waals surface area contributed by atoms with Crippen molar-refractivity contribution in [2.75, 3.05) is 24.6 Å².